The third-order valence-corrected chi connectivity index (χ3v) is 5.94. The molecule has 2 heterocycles. The summed E-state index contributed by atoms with van der Waals surface area (Å²) in [4.78, 5) is 7.05. The summed E-state index contributed by atoms with van der Waals surface area (Å²) in [6, 6.07) is 16.6. The highest BCUT2D eigenvalue weighted by Crippen LogP contribution is 2.27. The summed E-state index contributed by atoms with van der Waals surface area (Å²) in [5.74, 6) is 0. The zero-order valence-electron chi connectivity index (χ0n) is 17.2. The first-order valence-electron chi connectivity index (χ1n) is 9.96. The topological polar surface area (TPSA) is 29.8 Å². The Kier molecular flexibility index (Phi) is 5.74. The Morgan fingerprint density at radius 2 is 1.72 bits per heavy atom. The molecule has 1 fully saturated rings. The summed E-state index contributed by atoms with van der Waals surface area (Å²) in [6.07, 6.45) is 1.95. The Bertz CT molecular complexity index is 1030. The van der Waals surface area contributed by atoms with Crippen molar-refractivity contribution in [3.63, 3.8) is 0 Å². The zero-order valence-corrected chi connectivity index (χ0v) is 17.9. The summed E-state index contributed by atoms with van der Waals surface area (Å²) in [5.41, 5.74) is 7.80. The Morgan fingerprint density at radius 1 is 1.00 bits per heavy atom. The van der Waals surface area contributed by atoms with Crippen molar-refractivity contribution >= 4 is 29.2 Å². The fourth-order valence-corrected chi connectivity index (χ4v) is 4.01. The first-order chi connectivity index (χ1) is 14.0. The van der Waals surface area contributed by atoms with Gasteiger partial charge in [-0.25, -0.2) is 0 Å². The molecule has 0 unspecified atom stereocenters. The summed E-state index contributed by atoms with van der Waals surface area (Å²) in [7, 11) is 0. The number of rotatable bonds is 4. The second-order valence-corrected chi connectivity index (χ2v) is 7.83. The molecule has 1 saturated heterocycles. The number of aliphatic imine (C=N–C) groups is 1. The molecule has 0 bridgehead atoms. The average Bonchev–Trinajstić information content (AvgIpc) is 3.03. The van der Waals surface area contributed by atoms with Crippen molar-refractivity contribution in [3.05, 3.63) is 76.1 Å². The van der Waals surface area contributed by atoms with Gasteiger partial charge in [-0.15, -0.1) is 0 Å². The first kappa shape index (κ1) is 19.7. The van der Waals surface area contributed by atoms with Crippen LogP contribution in [0.5, 0.6) is 0 Å². The van der Waals surface area contributed by atoms with Gasteiger partial charge in [-0.1, -0.05) is 17.7 Å². The molecular weight excluding hydrogens is 382 g/mol. The van der Waals surface area contributed by atoms with E-state index in [1.807, 2.05) is 18.3 Å². The van der Waals surface area contributed by atoms with Crippen LogP contribution in [0.4, 0.5) is 11.4 Å². The van der Waals surface area contributed by atoms with Crippen molar-refractivity contribution in [1.82, 2.24) is 4.57 Å². The third kappa shape index (κ3) is 4.09. The standard InChI is InChI=1S/C24H26ClN3O/c1-17-15-20(19(3)28(17)24-6-4-5-23(25)18(24)2)16-26-21-7-9-22(10-8-21)27-11-13-29-14-12-27/h4-10,15-16H,11-14H2,1-3H3. The van der Waals surface area contributed by atoms with E-state index in [-0.39, 0.29) is 0 Å². The summed E-state index contributed by atoms with van der Waals surface area (Å²) < 4.78 is 7.67. The maximum atomic E-state index is 6.34. The van der Waals surface area contributed by atoms with E-state index in [2.05, 4.69) is 66.6 Å². The molecule has 29 heavy (non-hydrogen) atoms. The lowest BCUT2D eigenvalue weighted by Gasteiger charge is -2.28. The maximum absolute atomic E-state index is 6.34. The van der Waals surface area contributed by atoms with E-state index in [1.54, 1.807) is 0 Å². The van der Waals surface area contributed by atoms with Crippen LogP contribution in [0, 0.1) is 20.8 Å². The fourth-order valence-electron chi connectivity index (χ4n) is 3.84. The molecule has 2 aromatic carbocycles. The van der Waals surface area contributed by atoms with Gasteiger partial charge in [-0.3, -0.25) is 4.99 Å². The van der Waals surface area contributed by atoms with Crippen LogP contribution >= 0.6 is 11.6 Å². The van der Waals surface area contributed by atoms with Crippen molar-refractivity contribution < 1.29 is 4.74 Å². The summed E-state index contributed by atoms with van der Waals surface area (Å²) >= 11 is 6.34. The zero-order chi connectivity index (χ0) is 20.4. The first-order valence-corrected chi connectivity index (χ1v) is 10.3. The van der Waals surface area contributed by atoms with Gasteiger partial charge in [0.05, 0.1) is 18.9 Å². The van der Waals surface area contributed by atoms with E-state index >= 15 is 0 Å². The van der Waals surface area contributed by atoms with E-state index in [0.29, 0.717) is 0 Å². The van der Waals surface area contributed by atoms with Gasteiger partial charge in [0.1, 0.15) is 0 Å². The van der Waals surface area contributed by atoms with Gasteiger partial charge in [-0.2, -0.15) is 0 Å². The van der Waals surface area contributed by atoms with Gasteiger partial charge in [0.2, 0.25) is 0 Å². The number of aryl methyl sites for hydroxylation is 1. The Balaban J connectivity index is 1.57. The smallest absolute Gasteiger partial charge is 0.0642 e. The molecule has 3 aromatic rings. The molecule has 0 atom stereocenters. The second-order valence-electron chi connectivity index (χ2n) is 7.42. The lowest BCUT2D eigenvalue weighted by atomic mass is 10.2. The van der Waals surface area contributed by atoms with Gasteiger partial charge in [-0.05, 0) is 68.8 Å². The highest BCUT2D eigenvalue weighted by atomic mass is 35.5. The molecule has 4 nitrogen and oxygen atoms in total. The molecule has 1 aliphatic rings. The lowest BCUT2D eigenvalue weighted by Crippen LogP contribution is -2.36. The van der Waals surface area contributed by atoms with E-state index in [1.165, 1.54) is 5.69 Å². The number of benzene rings is 2. The van der Waals surface area contributed by atoms with Crippen molar-refractivity contribution in [1.29, 1.82) is 0 Å². The normalized spacial score (nSPS) is 14.7. The maximum Gasteiger partial charge on any atom is 0.0642 e. The van der Waals surface area contributed by atoms with Crippen LogP contribution < -0.4 is 4.90 Å². The van der Waals surface area contributed by atoms with Crippen LogP contribution in [0.15, 0.2) is 53.5 Å². The lowest BCUT2D eigenvalue weighted by molar-refractivity contribution is 0.122. The minimum Gasteiger partial charge on any atom is -0.378 e. The van der Waals surface area contributed by atoms with Gasteiger partial charge in [0.25, 0.3) is 0 Å². The van der Waals surface area contributed by atoms with Crippen molar-refractivity contribution in [2.24, 2.45) is 4.99 Å². The number of aromatic nitrogens is 1. The Hall–Kier alpha value is -2.56. The number of morpholine rings is 1. The molecule has 0 amide bonds. The molecule has 0 N–H and O–H groups in total. The number of hydrogen-bond donors (Lipinski definition) is 0. The molecule has 150 valence electrons. The van der Waals surface area contributed by atoms with Crippen LogP contribution in [0.1, 0.15) is 22.5 Å². The van der Waals surface area contributed by atoms with E-state index in [4.69, 9.17) is 21.3 Å². The minimum atomic E-state index is 0.783. The van der Waals surface area contributed by atoms with E-state index in [0.717, 1.165) is 65.2 Å². The van der Waals surface area contributed by atoms with Crippen LogP contribution in [-0.2, 0) is 4.74 Å². The Morgan fingerprint density at radius 3 is 2.45 bits per heavy atom. The molecule has 0 saturated carbocycles. The molecule has 5 heteroatoms. The number of hydrogen-bond acceptors (Lipinski definition) is 3. The van der Waals surface area contributed by atoms with Gasteiger partial charge < -0.3 is 14.2 Å². The predicted octanol–water partition coefficient (Wildman–Crippen LogP) is 5.64. The van der Waals surface area contributed by atoms with E-state index < -0.39 is 0 Å². The highest BCUT2D eigenvalue weighted by molar-refractivity contribution is 6.31. The molecule has 1 aromatic heterocycles. The predicted molar refractivity (Wildman–Crippen MR) is 122 cm³/mol. The van der Waals surface area contributed by atoms with Crippen LogP contribution in [-0.4, -0.2) is 37.1 Å². The highest BCUT2D eigenvalue weighted by Gasteiger charge is 2.13. The molecule has 4 rings (SSSR count). The van der Waals surface area contributed by atoms with E-state index in [9.17, 15) is 0 Å². The largest absolute Gasteiger partial charge is 0.378 e. The SMILES string of the molecule is Cc1c(Cl)cccc1-n1c(C)cc(C=Nc2ccc(N3CCOCC3)cc2)c1C. The molecule has 0 aliphatic carbocycles. The summed E-state index contributed by atoms with van der Waals surface area (Å²) in [5, 5.41) is 0.783. The third-order valence-electron chi connectivity index (χ3n) is 5.53. The Labute approximate surface area is 177 Å². The quantitative estimate of drug-likeness (QED) is 0.523. The van der Waals surface area contributed by atoms with Crippen LogP contribution in [0.25, 0.3) is 5.69 Å². The van der Waals surface area contributed by atoms with Gasteiger partial charge in [0, 0.05) is 52.7 Å². The molecule has 0 radical (unpaired) electrons. The summed E-state index contributed by atoms with van der Waals surface area (Å²) in [6.45, 7) is 9.76. The second kappa shape index (κ2) is 8.44. The number of anilines is 1. The molecule has 0 spiro atoms. The molecular formula is C24H26ClN3O. The van der Waals surface area contributed by atoms with Crippen molar-refractivity contribution in [3.8, 4) is 5.69 Å². The van der Waals surface area contributed by atoms with Crippen LogP contribution in [0.3, 0.4) is 0 Å². The van der Waals surface area contributed by atoms with Gasteiger partial charge >= 0.3 is 0 Å². The number of ether oxygens (including phenoxy) is 1. The van der Waals surface area contributed by atoms with Crippen LogP contribution in [0.2, 0.25) is 5.02 Å². The van der Waals surface area contributed by atoms with Crippen molar-refractivity contribution in [2.45, 2.75) is 20.8 Å². The monoisotopic (exact) mass is 407 g/mol. The molecule has 1 aliphatic heterocycles. The number of nitrogens with zero attached hydrogens (tertiary/aromatic N) is 3. The minimum absolute atomic E-state index is 0.783. The van der Waals surface area contributed by atoms with Crippen molar-refractivity contribution in [2.75, 3.05) is 31.2 Å². The fraction of sp³-hybridized carbons (Fsp3) is 0.292. The number of halogens is 1. The van der Waals surface area contributed by atoms with Gasteiger partial charge in [0.15, 0.2) is 0 Å². The average molecular weight is 408 g/mol.